The first kappa shape index (κ1) is 27.7. The molecule has 12 heteroatoms. The van der Waals surface area contributed by atoms with Gasteiger partial charge in [-0.15, -0.1) is 0 Å². The topological polar surface area (TPSA) is 89.9 Å². The average molecular weight is 548 g/mol. The van der Waals surface area contributed by atoms with Crippen molar-refractivity contribution in [3.8, 4) is 11.5 Å². The summed E-state index contributed by atoms with van der Waals surface area (Å²) in [5.41, 5.74) is 0.366. The van der Waals surface area contributed by atoms with E-state index >= 15 is 0 Å². The molecule has 0 radical (unpaired) electrons. The number of methoxy groups -OCH3 is 1. The molecule has 1 N–H and O–H groups in total. The second-order valence-electron chi connectivity index (χ2n) is 8.88. The lowest BCUT2D eigenvalue weighted by Crippen LogP contribution is -2.44. The van der Waals surface area contributed by atoms with Crippen LogP contribution < -0.4 is 25.2 Å². The Labute approximate surface area is 220 Å². The Morgan fingerprint density at radius 3 is 2.23 bits per heavy atom. The summed E-state index contributed by atoms with van der Waals surface area (Å²) in [6, 6.07) is 12.1. The Morgan fingerprint density at radius 2 is 1.64 bits per heavy atom. The van der Waals surface area contributed by atoms with Crippen molar-refractivity contribution in [1.29, 1.82) is 0 Å². The molecular formula is C27H25F4N3O5. The van der Waals surface area contributed by atoms with Crippen molar-refractivity contribution >= 4 is 17.5 Å². The minimum atomic E-state index is -3.02. The molecule has 0 saturated carbocycles. The molecule has 2 heterocycles. The van der Waals surface area contributed by atoms with Crippen LogP contribution >= 0.6 is 0 Å². The zero-order valence-corrected chi connectivity index (χ0v) is 20.9. The van der Waals surface area contributed by atoms with Crippen LogP contribution in [0.15, 0.2) is 65.6 Å². The maximum Gasteiger partial charge on any atom is 0.387 e. The van der Waals surface area contributed by atoms with Crippen molar-refractivity contribution in [2.45, 2.75) is 38.5 Å². The van der Waals surface area contributed by atoms with Crippen molar-refractivity contribution in [2.75, 3.05) is 18.6 Å². The van der Waals surface area contributed by atoms with Gasteiger partial charge in [0.2, 0.25) is 5.91 Å². The minimum absolute atomic E-state index is 0.00789. The Bertz CT molecular complexity index is 1390. The Balaban J connectivity index is 1.68. The molecule has 0 spiro atoms. The Morgan fingerprint density at radius 1 is 1.00 bits per heavy atom. The molecule has 1 fully saturated rings. The highest BCUT2D eigenvalue weighted by Crippen LogP contribution is 2.33. The zero-order valence-electron chi connectivity index (χ0n) is 20.9. The third kappa shape index (κ3) is 6.05. The number of amides is 2. The van der Waals surface area contributed by atoms with E-state index in [9.17, 15) is 31.9 Å². The number of alkyl halides is 4. The van der Waals surface area contributed by atoms with Crippen molar-refractivity contribution in [3.63, 3.8) is 0 Å². The Hall–Kier alpha value is -4.35. The number of hydrogen-bond acceptors (Lipinski definition) is 5. The van der Waals surface area contributed by atoms with Gasteiger partial charge in [-0.1, -0.05) is 12.1 Å². The monoisotopic (exact) mass is 547 g/mol. The number of benzene rings is 2. The summed E-state index contributed by atoms with van der Waals surface area (Å²) in [7, 11) is 1.50. The fourth-order valence-electron chi connectivity index (χ4n) is 4.53. The Kier molecular flexibility index (Phi) is 8.22. The number of aryl methyl sites for hydroxylation is 1. The summed E-state index contributed by atoms with van der Waals surface area (Å²) >= 11 is 0. The van der Waals surface area contributed by atoms with E-state index in [0.717, 1.165) is 4.57 Å². The fourth-order valence-corrected chi connectivity index (χ4v) is 4.53. The third-order valence-electron chi connectivity index (χ3n) is 6.43. The van der Waals surface area contributed by atoms with Crippen LogP contribution in [0.25, 0.3) is 0 Å². The molecule has 0 bridgehead atoms. The highest BCUT2D eigenvalue weighted by molar-refractivity contribution is 6.05. The third-order valence-corrected chi connectivity index (χ3v) is 6.43. The van der Waals surface area contributed by atoms with Crippen molar-refractivity contribution in [3.05, 3.63) is 87.8 Å². The van der Waals surface area contributed by atoms with Gasteiger partial charge in [-0.25, -0.2) is 8.78 Å². The van der Waals surface area contributed by atoms with Gasteiger partial charge in [-0.3, -0.25) is 14.4 Å². The van der Waals surface area contributed by atoms with E-state index in [2.05, 4.69) is 10.1 Å². The normalized spacial score (nSPS) is 17.1. The molecular weight excluding hydrogens is 522 g/mol. The van der Waals surface area contributed by atoms with Crippen LogP contribution in [-0.4, -0.2) is 49.1 Å². The lowest BCUT2D eigenvalue weighted by molar-refractivity contribution is -0.118. The number of carbonyl (C=O) groups excluding carboxylic acids is 2. The number of aromatic nitrogens is 1. The summed E-state index contributed by atoms with van der Waals surface area (Å²) in [6.07, 6.45) is -1.53. The van der Waals surface area contributed by atoms with Crippen molar-refractivity contribution in [1.82, 2.24) is 9.88 Å². The number of anilines is 1. The van der Waals surface area contributed by atoms with E-state index in [0.29, 0.717) is 16.9 Å². The quantitative estimate of drug-likeness (QED) is 0.410. The number of nitrogens with zero attached hydrogens (tertiary/aromatic N) is 2. The molecule has 0 aliphatic carbocycles. The number of ether oxygens (including phenoxy) is 2. The summed E-state index contributed by atoms with van der Waals surface area (Å²) in [4.78, 5) is 41.1. The van der Waals surface area contributed by atoms with E-state index in [4.69, 9.17) is 4.74 Å². The maximum atomic E-state index is 13.7. The van der Waals surface area contributed by atoms with Crippen LogP contribution in [0, 0.1) is 6.92 Å². The van der Waals surface area contributed by atoms with E-state index in [-0.39, 0.29) is 23.5 Å². The van der Waals surface area contributed by atoms with Gasteiger partial charge in [-0.05, 0) is 60.5 Å². The van der Waals surface area contributed by atoms with Crippen LogP contribution in [0.1, 0.15) is 27.4 Å². The predicted molar refractivity (Wildman–Crippen MR) is 134 cm³/mol. The summed E-state index contributed by atoms with van der Waals surface area (Å²) in [5, 5.41) is 2.69. The number of rotatable bonds is 9. The first-order valence-electron chi connectivity index (χ1n) is 11.9. The zero-order chi connectivity index (χ0) is 28.3. The van der Waals surface area contributed by atoms with Gasteiger partial charge in [0, 0.05) is 24.2 Å². The largest absolute Gasteiger partial charge is 0.497 e. The highest BCUT2D eigenvalue weighted by atomic mass is 19.3. The second kappa shape index (κ2) is 11.6. The van der Waals surface area contributed by atoms with Crippen molar-refractivity contribution in [2.24, 2.45) is 0 Å². The molecule has 4 rings (SSSR count). The van der Waals surface area contributed by atoms with E-state index in [1.807, 2.05) is 0 Å². The number of pyridine rings is 1. The second-order valence-corrected chi connectivity index (χ2v) is 8.88. The van der Waals surface area contributed by atoms with Crippen LogP contribution in [-0.2, 0) is 11.3 Å². The average Bonchev–Trinajstić information content (AvgIpc) is 3.21. The molecule has 1 aliphatic rings. The molecule has 1 aromatic heterocycles. The molecule has 2 aromatic carbocycles. The van der Waals surface area contributed by atoms with Crippen LogP contribution in [0.4, 0.5) is 23.2 Å². The summed E-state index contributed by atoms with van der Waals surface area (Å²) < 4.78 is 61.3. The van der Waals surface area contributed by atoms with Gasteiger partial charge < -0.3 is 24.3 Å². The molecule has 0 unspecified atom stereocenters. The first-order chi connectivity index (χ1) is 18.6. The molecule has 2 amide bonds. The molecule has 8 nitrogen and oxygen atoms in total. The van der Waals surface area contributed by atoms with E-state index in [1.54, 1.807) is 31.2 Å². The molecule has 2 atom stereocenters. The SMILES string of the molecule is COc1ccc([C@@H]2CN(c3c(C)ccn(CC(F)F)c3=O)C(=O)[C@H]2NC(=O)c2ccc(OC(F)F)cc2)cc1. The van der Waals surface area contributed by atoms with Gasteiger partial charge in [-0.2, -0.15) is 8.78 Å². The van der Waals surface area contributed by atoms with Gasteiger partial charge in [0.15, 0.2) is 0 Å². The fraction of sp³-hybridized carbons (Fsp3) is 0.296. The molecule has 206 valence electrons. The minimum Gasteiger partial charge on any atom is -0.497 e. The summed E-state index contributed by atoms with van der Waals surface area (Å²) in [6.45, 7) is -2.27. The number of carbonyl (C=O) groups is 2. The highest BCUT2D eigenvalue weighted by Gasteiger charge is 2.44. The van der Waals surface area contributed by atoms with E-state index < -0.39 is 48.9 Å². The maximum absolute atomic E-state index is 13.7. The number of halogens is 4. The molecule has 39 heavy (non-hydrogen) atoms. The summed E-state index contributed by atoms with van der Waals surface area (Å²) in [5.74, 6) is -1.44. The smallest absolute Gasteiger partial charge is 0.387 e. The lowest BCUT2D eigenvalue weighted by Gasteiger charge is -2.20. The van der Waals surface area contributed by atoms with Gasteiger partial charge >= 0.3 is 6.61 Å². The first-order valence-corrected chi connectivity index (χ1v) is 11.9. The van der Waals surface area contributed by atoms with Gasteiger partial charge in [0.1, 0.15) is 23.2 Å². The molecule has 1 aliphatic heterocycles. The number of hydrogen-bond donors (Lipinski definition) is 1. The van der Waals surface area contributed by atoms with Crippen molar-refractivity contribution < 1.29 is 36.6 Å². The standard InChI is InChI=1S/C27H25F4N3O5/c1-15-11-12-33(14-21(28)29)26(37)23(15)34-13-20(16-3-7-18(38-2)8-4-16)22(25(34)36)32-24(35)17-5-9-19(10-6-17)39-27(30)31/h3-12,20-22,27H,13-14H2,1-2H3,(H,32,35)/t20-,22-/m0/s1. The van der Waals surface area contributed by atoms with Gasteiger partial charge in [0.25, 0.3) is 17.9 Å². The van der Waals surface area contributed by atoms with E-state index in [1.165, 1.54) is 48.5 Å². The lowest BCUT2D eigenvalue weighted by atomic mass is 9.93. The van der Waals surface area contributed by atoms with Crippen LogP contribution in [0.2, 0.25) is 0 Å². The molecule has 1 saturated heterocycles. The van der Waals surface area contributed by atoms with Gasteiger partial charge in [0.05, 0.1) is 13.7 Å². The number of nitrogens with one attached hydrogen (secondary N) is 1. The predicted octanol–water partition coefficient (Wildman–Crippen LogP) is 3.96. The van der Waals surface area contributed by atoms with Crippen LogP contribution in [0.5, 0.6) is 11.5 Å². The van der Waals surface area contributed by atoms with Crippen LogP contribution in [0.3, 0.4) is 0 Å². The molecule has 3 aromatic rings.